The van der Waals surface area contributed by atoms with Gasteiger partial charge in [0.2, 0.25) is 5.91 Å². The summed E-state index contributed by atoms with van der Waals surface area (Å²) in [5.41, 5.74) is 0.0679. The van der Waals surface area contributed by atoms with E-state index in [1.165, 1.54) is 28.5 Å². The predicted molar refractivity (Wildman–Crippen MR) is 133 cm³/mol. The average Bonchev–Trinajstić information content (AvgIpc) is 3.14. The normalized spacial score (nSPS) is 20.3. The number of hydrogen-bond donors (Lipinski definition) is 2. The number of nitrogens with one attached hydrogen (secondary N) is 2. The van der Waals surface area contributed by atoms with Crippen LogP contribution in [0.4, 0.5) is 0 Å². The predicted octanol–water partition coefficient (Wildman–Crippen LogP) is 2.51. The molecule has 1 aliphatic carbocycles. The molecule has 4 rings (SSSR count). The second-order valence-electron chi connectivity index (χ2n) is 9.73. The Hall–Kier alpha value is -3.56. The quantitative estimate of drug-likeness (QED) is 0.568. The third kappa shape index (κ3) is 5.03. The number of carbonyl (C=O) groups excluding carboxylic acids is 3. The molecule has 36 heavy (non-hydrogen) atoms. The lowest BCUT2D eigenvalue weighted by atomic mass is 9.95. The molecule has 1 aromatic carbocycles. The standard InChI is InChI=1S/C26H35N5O5/c1-26(25(34)28-18-9-7-5-6-8-10-18)16-31-21(24(33)30(26)2)14-20(29-31)23(32)27-15-17-11-12-19(35-3)13-22(17)36-4/h11-14,18H,5-10,15-16H2,1-4H3,(H,27,32)(H,28,34)/t26-/m1/s1. The van der Waals surface area contributed by atoms with Crippen molar-refractivity contribution < 1.29 is 23.9 Å². The molecule has 0 unspecified atom stereocenters. The summed E-state index contributed by atoms with van der Waals surface area (Å²) in [7, 11) is 4.75. The zero-order chi connectivity index (χ0) is 25.9. The van der Waals surface area contributed by atoms with Crippen LogP contribution in [0.15, 0.2) is 24.3 Å². The molecule has 2 aliphatic rings. The van der Waals surface area contributed by atoms with Gasteiger partial charge in [0, 0.05) is 37.3 Å². The number of carbonyl (C=O) groups is 3. The van der Waals surface area contributed by atoms with Crippen molar-refractivity contribution >= 4 is 17.7 Å². The van der Waals surface area contributed by atoms with Crippen LogP contribution in [0, 0.1) is 0 Å². The van der Waals surface area contributed by atoms with Gasteiger partial charge in [-0.1, -0.05) is 25.7 Å². The first kappa shape index (κ1) is 25.5. The molecule has 2 heterocycles. The monoisotopic (exact) mass is 497 g/mol. The lowest BCUT2D eigenvalue weighted by Crippen LogP contribution is -2.63. The van der Waals surface area contributed by atoms with E-state index >= 15 is 0 Å². The molecule has 2 aromatic rings. The molecule has 2 N–H and O–H groups in total. The molecule has 1 aromatic heterocycles. The molecule has 0 bridgehead atoms. The fraction of sp³-hybridized carbons (Fsp3) is 0.538. The van der Waals surface area contributed by atoms with E-state index in [-0.39, 0.29) is 42.3 Å². The molecule has 1 aliphatic heterocycles. The van der Waals surface area contributed by atoms with Gasteiger partial charge in [0.05, 0.1) is 20.8 Å². The van der Waals surface area contributed by atoms with Crippen LogP contribution >= 0.6 is 0 Å². The number of ether oxygens (including phenoxy) is 2. The summed E-state index contributed by atoms with van der Waals surface area (Å²) in [6.07, 6.45) is 6.48. The van der Waals surface area contributed by atoms with Crippen LogP contribution in [0.3, 0.4) is 0 Å². The minimum absolute atomic E-state index is 0.118. The van der Waals surface area contributed by atoms with Gasteiger partial charge in [0.1, 0.15) is 22.7 Å². The van der Waals surface area contributed by atoms with Crippen molar-refractivity contribution in [1.29, 1.82) is 0 Å². The molecule has 0 saturated heterocycles. The van der Waals surface area contributed by atoms with E-state index < -0.39 is 11.4 Å². The lowest BCUT2D eigenvalue weighted by molar-refractivity contribution is -0.133. The number of benzene rings is 1. The van der Waals surface area contributed by atoms with Gasteiger partial charge in [0.15, 0.2) is 5.69 Å². The summed E-state index contributed by atoms with van der Waals surface area (Å²) in [4.78, 5) is 40.8. The molecule has 10 heteroatoms. The molecule has 1 atom stereocenters. The Labute approximate surface area is 211 Å². The number of fused-ring (bicyclic) bond motifs is 1. The molecule has 0 radical (unpaired) electrons. The van der Waals surface area contributed by atoms with E-state index in [0.29, 0.717) is 11.5 Å². The Bertz CT molecular complexity index is 1140. The number of aromatic nitrogens is 2. The molecular weight excluding hydrogens is 462 g/mol. The molecule has 10 nitrogen and oxygen atoms in total. The summed E-state index contributed by atoms with van der Waals surface area (Å²) in [6.45, 7) is 2.13. The van der Waals surface area contributed by atoms with Crippen molar-refractivity contribution in [3.05, 3.63) is 41.2 Å². The van der Waals surface area contributed by atoms with Crippen LogP contribution in [-0.2, 0) is 17.9 Å². The van der Waals surface area contributed by atoms with Gasteiger partial charge in [-0.2, -0.15) is 5.10 Å². The highest BCUT2D eigenvalue weighted by molar-refractivity contribution is 6.01. The fourth-order valence-corrected chi connectivity index (χ4v) is 4.87. The highest BCUT2D eigenvalue weighted by Gasteiger charge is 2.46. The second-order valence-corrected chi connectivity index (χ2v) is 9.73. The van der Waals surface area contributed by atoms with Crippen LogP contribution in [0.2, 0.25) is 0 Å². The van der Waals surface area contributed by atoms with Crippen molar-refractivity contribution in [1.82, 2.24) is 25.3 Å². The van der Waals surface area contributed by atoms with Crippen LogP contribution in [0.5, 0.6) is 11.5 Å². The molecule has 0 spiro atoms. The first-order valence-corrected chi connectivity index (χ1v) is 12.4. The van der Waals surface area contributed by atoms with Crippen molar-refractivity contribution in [2.24, 2.45) is 0 Å². The third-order valence-electron chi connectivity index (χ3n) is 7.35. The number of nitrogens with zero attached hydrogens (tertiary/aromatic N) is 3. The SMILES string of the molecule is COc1ccc(CNC(=O)c2cc3n(n2)C[C@](C)(C(=O)NC2CCCCCC2)N(C)C3=O)c(OC)c1. The van der Waals surface area contributed by atoms with E-state index in [0.717, 1.165) is 31.2 Å². The van der Waals surface area contributed by atoms with Crippen molar-refractivity contribution in [2.45, 2.75) is 70.1 Å². The molecule has 194 valence electrons. The number of hydrogen-bond acceptors (Lipinski definition) is 6. The van der Waals surface area contributed by atoms with E-state index in [1.54, 1.807) is 40.3 Å². The summed E-state index contributed by atoms with van der Waals surface area (Å²) in [5, 5.41) is 10.4. The Morgan fingerprint density at radius 2 is 1.83 bits per heavy atom. The van der Waals surface area contributed by atoms with Crippen LogP contribution < -0.4 is 20.1 Å². The third-order valence-corrected chi connectivity index (χ3v) is 7.35. The smallest absolute Gasteiger partial charge is 0.272 e. The Balaban J connectivity index is 1.47. The van der Waals surface area contributed by atoms with Gasteiger partial charge in [-0.05, 0) is 31.9 Å². The maximum atomic E-state index is 13.3. The Kier molecular flexibility index (Phi) is 7.51. The summed E-state index contributed by atoms with van der Waals surface area (Å²) < 4.78 is 12.1. The van der Waals surface area contributed by atoms with Crippen molar-refractivity contribution in [3.8, 4) is 11.5 Å². The minimum Gasteiger partial charge on any atom is -0.497 e. The fourth-order valence-electron chi connectivity index (χ4n) is 4.87. The largest absolute Gasteiger partial charge is 0.497 e. The van der Waals surface area contributed by atoms with Crippen LogP contribution in [0.1, 0.15) is 72.0 Å². The molecule has 1 fully saturated rings. The maximum Gasteiger partial charge on any atom is 0.272 e. The maximum absolute atomic E-state index is 13.3. The van der Waals surface area contributed by atoms with E-state index in [1.807, 2.05) is 6.07 Å². The van der Waals surface area contributed by atoms with Gasteiger partial charge < -0.3 is 25.0 Å². The summed E-state index contributed by atoms with van der Waals surface area (Å²) in [6, 6.07) is 6.94. The van der Waals surface area contributed by atoms with Crippen LogP contribution in [-0.4, -0.2) is 65.2 Å². The van der Waals surface area contributed by atoms with Gasteiger partial charge in [-0.15, -0.1) is 0 Å². The van der Waals surface area contributed by atoms with Crippen LogP contribution in [0.25, 0.3) is 0 Å². The number of amides is 3. The zero-order valence-corrected chi connectivity index (χ0v) is 21.4. The average molecular weight is 498 g/mol. The molecule has 3 amide bonds. The van der Waals surface area contributed by atoms with E-state index in [4.69, 9.17) is 9.47 Å². The van der Waals surface area contributed by atoms with Gasteiger partial charge >= 0.3 is 0 Å². The molecule has 1 saturated carbocycles. The topological polar surface area (TPSA) is 115 Å². The summed E-state index contributed by atoms with van der Waals surface area (Å²) >= 11 is 0. The second kappa shape index (κ2) is 10.6. The highest BCUT2D eigenvalue weighted by Crippen LogP contribution is 2.28. The zero-order valence-electron chi connectivity index (χ0n) is 21.4. The van der Waals surface area contributed by atoms with E-state index in [9.17, 15) is 14.4 Å². The first-order valence-electron chi connectivity index (χ1n) is 12.4. The number of methoxy groups -OCH3 is 2. The van der Waals surface area contributed by atoms with E-state index in [2.05, 4.69) is 15.7 Å². The molecular formula is C26H35N5O5. The van der Waals surface area contributed by atoms with Gasteiger partial charge in [-0.3, -0.25) is 19.1 Å². The minimum atomic E-state index is -1.10. The Morgan fingerprint density at radius 3 is 2.50 bits per heavy atom. The van der Waals surface area contributed by atoms with Crippen molar-refractivity contribution in [3.63, 3.8) is 0 Å². The van der Waals surface area contributed by atoms with Gasteiger partial charge in [0.25, 0.3) is 11.8 Å². The van der Waals surface area contributed by atoms with Crippen molar-refractivity contribution in [2.75, 3.05) is 21.3 Å². The van der Waals surface area contributed by atoms with Gasteiger partial charge in [-0.25, -0.2) is 0 Å². The Morgan fingerprint density at radius 1 is 1.11 bits per heavy atom. The highest BCUT2D eigenvalue weighted by atomic mass is 16.5. The number of likely N-dealkylation sites (N-methyl/N-ethyl adjacent to an activating group) is 1. The number of rotatable bonds is 7. The lowest BCUT2D eigenvalue weighted by Gasteiger charge is -2.41. The summed E-state index contributed by atoms with van der Waals surface area (Å²) in [5.74, 6) is 0.283. The first-order chi connectivity index (χ1) is 17.3.